The Labute approximate surface area is 96.3 Å². The van der Waals surface area contributed by atoms with E-state index in [1.165, 1.54) is 11.3 Å². The van der Waals surface area contributed by atoms with Gasteiger partial charge in [-0.2, -0.15) is 5.10 Å². The third-order valence-electron chi connectivity index (χ3n) is 2.07. The summed E-state index contributed by atoms with van der Waals surface area (Å²) >= 11 is 7.22. The van der Waals surface area contributed by atoms with Gasteiger partial charge in [0.25, 0.3) is 0 Å². The minimum Gasteiger partial charge on any atom is -0.292 e. The molecule has 5 heteroatoms. The lowest BCUT2D eigenvalue weighted by atomic mass is 10.2. The van der Waals surface area contributed by atoms with Crippen molar-refractivity contribution in [3.05, 3.63) is 39.3 Å². The Morgan fingerprint density at radius 2 is 2.33 bits per heavy atom. The van der Waals surface area contributed by atoms with Gasteiger partial charge in [0.1, 0.15) is 5.69 Å². The number of thiophene rings is 1. The Hall–Kier alpha value is -1.13. The van der Waals surface area contributed by atoms with Crippen LogP contribution in [0, 0.1) is 0 Å². The van der Waals surface area contributed by atoms with E-state index in [2.05, 4.69) is 5.10 Å². The van der Waals surface area contributed by atoms with Gasteiger partial charge < -0.3 is 0 Å². The van der Waals surface area contributed by atoms with Crippen molar-refractivity contribution >= 4 is 28.7 Å². The number of carbonyl (C=O) groups is 1. The van der Waals surface area contributed by atoms with E-state index in [0.717, 1.165) is 4.88 Å². The molecule has 15 heavy (non-hydrogen) atoms. The molecule has 2 aromatic heterocycles. The number of halogens is 1. The third-order valence-corrected chi connectivity index (χ3v) is 3.30. The number of hydrogen-bond donors (Lipinski definition) is 0. The van der Waals surface area contributed by atoms with Crippen molar-refractivity contribution < 1.29 is 4.79 Å². The highest BCUT2D eigenvalue weighted by Crippen LogP contribution is 2.22. The summed E-state index contributed by atoms with van der Waals surface area (Å²) in [5.74, 6) is 0.0634. The number of ketones is 1. The average molecular weight is 241 g/mol. The standard InChI is InChI=1S/C10H9ClN2OS/c1-13-8(4-5-12-13)9(14)6-7-2-3-10(11)15-7/h2-5H,6H2,1H3. The van der Waals surface area contributed by atoms with Crippen LogP contribution in [0.15, 0.2) is 24.4 Å². The first-order valence-electron chi connectivity index (χ1n) is 4.42. The first kappa shape index (κ1) is 10.4. The molecule has 0 radical (unpaired) electrons. The van der Waals surface area contributed by atoms with E-state index in [9.17, 15) is 4.79 Å². The van der Waals surface area contributed by atoms with Crippen LogP contribution in [0.4, 0.5) is 0 Å². The maximum atomic E-state index is 11.8. The van der Waals surface area contributed by atoms with Gasteiger partial charge in [0.15, 0.2) is 5.78 Å². The molecule has 0 aliphatic heterocycles. The van der Waals surface area contributed by atoms with Gasteiger partial charge >= 0.3 is 0 Å². The van der Waals surface area contributed by atoms with Gasteiger partial charge in [0.05, 0.1) is 4.34 Å². The largest absolute Gasteiger partial charge is 0.292 e. The van der Waals surface area contributed by atoms with Crippen LogP contribution in [0.1, 0.15) is 15.4 Å². The molecule has 0 aromatic carbocycles. The molecule has 0 spiro atoms. The Morgan fingerprint density at radius 3 is 2.87 bits per heavy atom. The number of hydrogen-bond acceptors (Lipinski definition) is 3. The predicted octanol–water partition coefficient (Wildman–Crippen LogP) is 2.56. The summed E-state index contributed by atoms with van der Waals surface area (Å²) < 4.78 is 2.29. The van der Waals surface area contributed by atoms with Crippen LogP contribution in [0.2, 0.25) is 4.34 Å². The Balaban J connectivity index is 2.14. The number of nitrogens with zero attached hydrogens (tertiary/aromatic N) is 2. The fraction of sp³-hybridized carbons (Fsp3) is 0.200. The zero-order valence-corrected chi connectivity index (χ0v) is 9.68. The van der Waals surface area contributed by atoms with Crippen LogP contribution in [-0.2, 0) is 13.5 Å². The van der Waals surface area contributed by atoms with Crippen molar-refractivity contribution in [1.29, 1.82) is 0 Å². The van der Waals surface area contributed by atoms with Crippen LogP contribution < -0.4 is 0 Å². The van der Waals surface area contributed by atoms with E-state index < -0.39 is 0 Å². The van der Waals surface area contributed by atoms with Crippen LogP contribution in [0.25, 0.3) is 0 Å². The molecular formula is C10H9ClN2OS. The summed E-state index contributed by atoms with van der Waals surface area (Å²) in [6.07, 6.45) is 2.01. The minimum atomic E-state index is 0.0634. The smallest absolute Gasteiger partial charge is 0.186 e. The van der Waals surface area contributed by atoms with Gasteiger partial charge in [-0.05, 0) is 18.2 Å². The number of aryl methyl sites for hydroxylation is 1. The quantitative estimate of drug-likeness (QED) is 0.773. The molecule has 3 nitrogen and oxygen atoms in total. The molecule has 0 unspecified atom stereocenters. The number of aromatic nitrogens is 2. The molecule has 0 aliphatic rings. The van der Waals surface area contributed by atoms with Gasteiger partial charge in [0, 0.05) is 24.5 Å². The zero-order chi connectivity index (χ0) is 10.8. The lowest BCUT2D eigenvalue weighted by molar-refractivity contribution is 0.0985. The average Bonchev–Trinajstić information content (AvgIpc) is 2.75. The number of carbonyl (C=O) groups excluding carboxylic acids is 1. The SMILES string of the molecule is Cn1nccc1C(=O)Cc1ccc(Cl)s1. The van der Waals surface area contributed by atoms with E-state index in [1.54, 1.807) is 30.1 Å². The summed E-state index contributed by atoms with van der Waals surface area (Å²) in [6, 6.07) is 5.40. The Kier molecular flexibility index (Phi) is 2.88. The summed E-state index contributed by atoms with van der Waals surface area (Å²) in [6.45, 7) is 0. The molecule has 0 N–H and O–H groups in total. The molecule has 0 amide bonds. The monoisotopic (exact) mass is 240 g/mol. The first-order chi connectivity index (χ1) is 7.16. The fourth-order valence-electron chi connectivity index (χ4n) is 1.34. The fourth-order valence-corrected chi connectivity index (χ4v) is 2.43. The van der Waals surface area contributed by atoms with Crippen molar-refractivity contribution in [3.8, 4) is 0 Å². The van der Waals surface area contributed by atoms with Crippen LogP contribution in [-0.4, -0.2) is 15.6 Å². The van der Waals surface area contributed by atoms with Gasteiger partial charge in [-0.1, -0.05) is 11.6 Å². The predicted molar refractivity (Wildman–Crippen MR) is 60.6 cm³/mol. The minimum absolute atomic E-state index is 0.0634. The Morgan fingerprint density at radius 1 is 1.53 bits per heavy atom. The lowest BCUT2D eigenvalue weighted by Crippen LogP contribution is -2.08. The molecule has 0 saturated heterocycles. The summed E-state index contributed by atoms with van der Waals surface area (Å²) in [4.78, 5) is 12.8. The first-order valence-corrected chi connectivity index (χ1v) is 5.61. The van der Waals surface area contributed by atoms with Gasteiger partial charge in [-0.25, -0.2) is 0 Å². The van der Waals surface area contributed by atoms with Gasteiger partial charge in [-0.3, -0.25) is 9.48 Å². The molecule has 0 atom stereocenters. The van der Waals surface area contributed by atoms with Gasteiger partial charge in [0.2, 0.25) is 0 Å². The molecule has 0 saturated carbocycles. The molecule has 0 aliphatic carbocycles. The van der Waals surface area contributed by atoms with E-state index in [0.29, 0.717) is 16.5 Å². The molecule has 2 heterocycles. The molecule has 0 bridgehead atoms. The summed E-state index contributed by atoms with van der Waals surface area (Å²) in [7, 11) is 1.76. The second-order valence-corrected chi connectivity index (χ2v) is 4.95. The van der Waals surface area contributed by atoms with Crippen molar-refractivity contribution in [1.82, 2.24) is 9.78 Å². The Bertz CT molecular complexity index is 489. The highest BCUT2D eigenvalue weighted by molar-refractivity contribution is 7.16. The zero-order valence-electron chi connectivity index (χ0n) is 8.11. The van der Waals surface area contributed by atoms with E-state index >= 15 is 0 Å². The topological polar surface area (TPSA) is 34.9 Å². The van der Waals surface area contributed by atoms with Crippen molar-refractivity contribution in [3.63, 3.8) is 0 Å². The second-order valence-electron chi connectivity index (χ2n) is 3.15. The van der Waals surface area contributed by atoms with Crippen molar-refractivity contribution in [2.24, 2.45) is 7.05 Å². The van der Waals surface area contributed by atoms with Crippen LogP contribution >= 0.6 is 22.9 Å². The third kappa shape index (κ3) is 2.27. The normalized spacial score (nSPS) is 10.5. The lowest BCUT2D eigenvalue weighted by Gasteiger charge is -1.98. The van der Waals surface area contributed by atoms with E-state index in [4.69, 9.17) is 11.6 Å². The van der Waals surface area contributed by atoms with E-state index in [-0.39, 0.29) is 5.78 Å². The van der Waals surface area contributed by atoms with Gasteiger partial charge in [-0.15, -0.1) is 11.3 Å². The number of rotatable bonds is 3. The van der Waals surface area contributed by atoms with Crippen LogP contribution in [0.5, 0.6) is 0 Å². The molecule has 78 valence electrons. The van der Waals surface area contributed by atoms with Crippen LogP contribution in [0.3, 0.4) is 0 Å². The molecule has 0 fully saturated rings. The second kappa shape index (κ2) is 4.16. The van der Waals surface area contributed by atoms with Crippen molar-refractivity contribution in [2.45, 2.75) is 6.42 Å². The van der Waals surface area contributed by atoms with Crippen molar-refractivity contribution in [2.75, 3.05) is 0 Å². The highest BCUT2D eigenvalue weighted by Gasteiger charge is 2.11. The molecular weight excluding hydrogens is 232 g/mol. The highest BCUT2D eigenvalue weighted by atomic mass is 35.5. The molecule has 2 rings (SSSR count). The maximum absolute atomic E-state index is 11.8. The van der Waals surface area contributed by atoms with E-state index in [1.807, 2.05) is 6.07 Å². The maximum Gasteiger partial charge on any atom is 0.186 e. The summed E-state index contributed by atoms with van der Waals surface area (Å²) in [5.41, 5.74) is 0.625. The summed E-state index contributed by atoms with van der Waals surface area (Å²) in [5, 5.41) is 3.96. The molecule has 2 aromatic rings. The number of Topliss-reactive ketones (excluding diaryl/α,β-unsaturated/α-hetero) is 1.